The van der Waals surface area contributed by atoms with E-state index < -0.39 is 5.60 Å². The molecular weight excluding hydrogens is 362 g/mol. The van der Waals surface area contributed by atoms with E-state index in [1.54, 1.807) is 0 Å². The molecule has 0 unspecified atom stereocenters. The topological polar surface area (TPSA) is 38.3 Å². The zero-order chi connectivity index (χ0) is 13.8. The second-order valence-electron chi connectivity index (χ2n) is 4.96. The maximum Gasteiger partial charge on any atom is 0.407 e. The van der Waals surface area contributed by atoms with E-state index in [2.05, 4.69) is 37.2 Å². The van der Waals surface area contributed by atoms with Crippen molar-refractivity contribution < 1.29 is 9.53 Å². The Morgan fingerprint density at radius 3 is 2.28 bits per heavy atom. The largest absolute Gasteiger partial charge is 0.444 e. The van der Waals surface area contributed by atoms with Gasteiger partial charge in [0.1, 0.15) is 5.60 Å². The van der Waals surface area contributed by atoms with E-state index in [1.807, 2.05) is 39.0 Å². The SMILES string of the molecule is CC(C)(C)OC(=O)NCCc1cc(Br)cc(Br)c1. The molecule has 0 bridgehead atoms. The summed E-state index contributed by atoms with van der Waals surface area (Å²) in [5.74, 6) is 0. The molecule has 5 heteroatoms. The van der Waals surface area contributed by atoms with E-state index in [4.69, 9.17) is 4.74 Å². The van der Waals surface area contributed by atoms with Gasteiger partial charge in [0.25, 0.3) is 0 Å². The third-order valence-corrected chi connectivity index (χ3v) is 2.92. The van der Waals surface area contributed by atoms with Gasteiger partial charge in [-0.2, -0.15) is 0 Å². The van der Waals surface area contributed by atoms with Crippen molar-refractivity contribution in [3.63, 3.8) is 0 Å². The molecule has 1 N–H and O–H groups in total. The van der Waals surface area contributed by atoms with Gasteiger partial charge >= 0.3 is 6.09 Å². The molecule has 18 heavy (non-hydrogen) atoms. The van der Waals surface area contributed by atoms with E-state index in [1.165, 1.54) is 0 Å². The highest BCUT2D eigenvalue weighted by Crippen LogP contribution is 2.20. The molecule has 3 nitrogen and oxygen atoms in total. The Hall–Kier alpha value is -0.550. The number of nitrogens with one attached hydrogen (secondary N) is 1. The number of alkyl carbamates (subject to hydrolysis) is 1. The molecule has 0 atom stereocenters. The first kappa shape index (κ1) is 15.5. The molecule has 1 aromatic rings. The molecule has 0 radical (unpaired) electrons. The second kappa shape index (κ2) is 6.57. The van der Waals surface area contributed by atoms with Crippen LogP contribution in [0, 0.1) is 0 Å². The van der Waals surface area contributed by atoms with Crippen LogP contribution in [0.1, 0.15) is 26.3 Å². The Bertz CT molecular complexity index is 407. The predicted molar refractivity (Wildman–Crippen MR) is 79.8 cm³/mol. The van der Waals surface area contributed by atoms with Crippen molar-refractivity contribution in [1.29, 1.82) is 0 Å². The summed E-state index contributed by atoms with van der Waals surface area (Å²) in [7, 11) is 0. The Kier molecular flexibility index (Phi) is 5.66. The van der Waals surface area contributed by atoms with E-state index in [0.717, 1.165) is 20.9 Å². The Morgan fingerprint density at radius 1 is 1.22 bits per heavy atom. The molecule has 0 aliphatic heterocycles. The average molecular weight is 379 g/mol. The summed E-state index contributed by atoms with van der Waals surface area (Å²) in [5.41, 5.74) is 0.690. The summed E-state index contributed by atoms with van der Waals surface area (Å²) in [6.45, 7) is 6.09. The lowest BCUT2D eigenvalue weighted by atomic mass is 10.1. The molecule has 1 rings (SSSR count). The summed E-state index contributed by atoms with van der Waals surface area (Å²) in [6, 6.07) is 6.04. The number of amides is 1. The first-order valence-electron chi connectivity index (χ1n) is 5.68. The number of ether oxygens (including phenoxy) is 1. The molecule has 0 aromatic heterocycles. The molecule has 0 saturated carbocycles. The third-order valence-electron chi connectivity index (χ3n) is 2.00. The first-order chi connectivity index (χ1) is 8.26. The highest BCUT2D eigenvalue weighted by molar-refractivity contribution is 9.11. The van der Waals surface area contributed by atoms with Crippen LogP contribution in [-0.2, 0) is 11.2 Å². The van der Waals surface area contributed by atoms with Gasteiger partial charge in [-0.25, -0.2) is 4.79 Å². The normalized spacial score (nSPS) is 11.2. The van der Waals surface area contributed by atoms with Crippen LogP contribution < -0.4 is 5.32 Å². The highest BCUT2D eigenvalue weighted by Gasteiger charge is 2.15. The van der Waals surface area contributed by atoms with E-state index in [-0.39, 0.29) is 6.09 Å². The van der Waals surface area contributed by atoms with E-state index in [9.17, 15) is 4.79 Å². The fourth-order valence-corrected chi connectivity index (χ4v) is 2.77. The van der Waals surface area contributed by atoms with E-state index >= 15 is 0 Å². The van der Waals surface area contributed by atoms with Crippen molar-refractivity contribution in [2.45, 2.75) is 32.8 Å². The van der Waals surface area contributed by atoms with Crippen LogP contribution >= 0.6 is 31.9 Å². The minimum absolute atomic E-state index is 0.378. The summed E-state index contributed by atoms with van der Waals surface area (Å²) in [6.07, 6.45) is 0.383. The van der Waals surface area contributed by atoms with Crippen molar-refractivity contribution in [2.75, 3.05) is 6.54 Å². The molecule has 1 aromatic carbocycles. The summed E-state index contributed by atoms with van der Waals surface area (Å²) in [5, 5.41) is 2.73. The van der Waals surface area contributed by atoms with Crippen LogP contribution in [0.3, 0.4) is 0 Å². The summed E-state index contributed by atoms with van der Waals surface area (Å²) >= 11 is 6.86. The highest BCUT2D eigenvalue weighted by atomic mass is 79.9. The number of benzene rings is 1. The lowest BCUT2D eigenvalue weighted by molar-refractivity contribution is 0.0528. The lowest BCUT2D eigenvalue weighted by Gasteiger charge is -2.19. The fraction of sp³-hybridized carbons (Fsp3) is 0.462. The smallest absolute Gasteiger partial charge is 0.407 e. The lowest BCUT2D eigenvalue weighted by Crippen LogP contribution is -2.33. The number of rotatable bonds is 3. The molecule has 1 amide bonds. The first-order valence-corrected chi connectivity index (χ1v) is 7.27. The standard InChI is InChI=1S/C13H17Br2NO2/c1-13(2,3)18-12(17)16-5-4-9-6-10(14)8-11(15)7-9/h6-8H,4-5H2,1-3H3,(H,16,17). The summed E-state index contributed by atoms with van der Waals surface area (Å²) < 4.78 is 7.19. The minimum Gasteiger partial charge on any atom is -0.444 e. The van der Waals surface area contributed by atoms with Crippen LogP contribution in [0.25, 0.3) is 0 Å². The van der Waals surface area contributed by atoms with Gasteiger partial charge in [-0.1, -0.05) is 31.9 Å². The molecular formula is C13H17Br2NO2. The van der Waals surface area contributed by atoms with Gasteiger partial charge in [0.15, 0.2) is 0 Å². The van der Waals surface area contributed by atoms with E-state index in [0.29, 0.717) is 6.54 Å². The van der Waals surface area contributed by atoms with Crippen LogP contribution in [0.2, 0.25) is 0 Å². The van der Waals surface area contributed by atoms with Gasteiger partial charge in [0.2, 0.25) is 0 Å². The Balaban J connectivity index is 2.40. The Labute approximate surface area is 125 Å². The van der Waals surface area contributed by atoms with Crippen molar-refractivity contribution in [3.05, 3.63) is 32.7 Å². The van der Waals surface area contributed by atoms with Gasteiger partial charge in [0, 0.05) is 15.5 Å². The minimum atomic E-state index is -0.455. The molecule has 0 saturated heterocycles. The van der Waals surface area contributed by atoms with Gasteiger partial charge in [-0.15, -0.1) is 0 Å². The number of hydrogen-bond donors (Lipinski definition) is 1. The molecule has 100 valence electrons. The molecule has 0 aliphatic carbocycles. The summed E-state index contributed by atoms with van der Waals surface area (Å²) in [4.78, 5) is 11.4. The maximum absolute atomic E-state index is 11.4. The number of hydrogen-bond acceptors (Lipinski definition) is 2. The molecule has 0 heterocycles. The fourth-order valence-electron chi connectivity index (χ4n) is 1.38. The van der Waals surface area contributed by atoms with Crippen molar-refractivity contribution in [3.8, 4) is 0 Å². The quantitative estimate of drug-likeness (QED) is 0.852. The van der Waals surface area contributed by atoms with Crippen LogP contribution in [0.5, 0.6) is 0 Å². The van der Waals surface area contributed by atoms with Crippen LogP contribution in [0.4, 0.5) is 4.79 Å². The zero-order valence-corrected chi connectivity index (χ0v) is 13.9. The van der Waals surface area contributed by atoms with Crippen molar-refractivity contribution >= 4 is 38.0 Å². The maximum atomic E-state index is 11.4. The monoisotopic (exact) mass is 377 g/mol. The average Bonchev–Trinajstić information content (AvgIpc) is 2.12. The number of carbonyl (C=O) groups is 1. The van der Waals surface area contributed by atoms with Crippen LogP contribution in [0.15, 0.2) is 27.1 Å². The number of halogens is 2. The van der Waals surface area contributed by atoms with Crippen molar-refractivity contribution in [1.82, 2.24) is 5.32 Å². The Morgan fingerprint density at radius 2 is 1.78 bits per heavy atom. The van der Waals surface area contributed by atoms with Crippen molar-refractivity contribution in [2.24, 2.45) is 0 Å². The van der Waals surface area contributed by atoms with Gasteiger partial charge in [-0.3, -0.25) is 0 Å². The van der Waals surface area contributed by atoms with Crippen LogP contribution in [-0.4, -0.2) is 18.2 Å². The zero-order valence-electron chi connectivity index (χ0n) is 10.7. The second-order valence-corrected chi connectivity index (χ2v) is 6.79. The molecule has 0 fully saturated rings. The van der Waals surface area contributed by atoms with Gasteiger partial charge in [0.05, 0.1) is 0 Å². The third kappa shape index (κ3) is 6.40. The van der Waals surface area contributed by atoms with Gasteiger partial charge in [-0.05, 0) is 51.0 Å². The number of carbonyl (C=O) groups excluding carboxylic acids is 1. The molecule has 0 aliphatic rings. The van der Waals surface area contributed by atoms with Gasteiger partial charge < -0.3 is 10.1 Å². The predicted octanol–water partition coefficient (Wildman–Crippen LogP) is 4.28. The molecule has 0 spiro atoms.